The Morgan fingerprint density at radius 3 is 2.78 bits per heavy atom. The van der Waals surface area contributed by atoms with Gasteiger partial charge in [-0.05, 0) is 43.2 Å². The Hall–Kier alpha value is -1.10. The molecule has 2 aromatic rings. The largest absolute Gasteiger partial charge is 0.302 e. The van der Waals surface area contributed by atoms with Crippen LogP contribution in [0.4, 0.5) is 5.13 Å². The highest BCUT2D eigenvalue weighted by Crippen LogP contribution is 2.48. The second kappa shape index (κ2) is 6.08. The van der Waals surface area contributed by atoms with Gasteiger partial charge in [0.25, 0.3) is 0 Å². The van der Waals surface area contributed by atoms with E-state index in [1.54, 1.807) is 12.1 Å². The third-order valence-electron chi connectivity index (χ3n) is 5.02. The average Bonchev–Trinajstić information content (AvgIpc) is 3.26. The van der Waals surface area contributed by atoms with Crippen LogP contribution in [0.15, 0.2) is 23.6 Å². The number of hydrogen-bond donors (Lipinski definition) is 1. The Morgan fingerprint density at radius 2 is 2.09 bits per heavy atom. The molecule has 3 unspecified atom stereocenters. The van der Waals surface area contributed by atoms with E-state index in [4.69, 9.17) is 23.2 Å². The summed E-state index contributed by atoms with van der Waals surface area (Å²) in [6.45, 7) is 0. The topological polar surface area (TPSA) is 42.0 Å². The molecule has 6 heteroatoms. The molecule has 3 atom stereocenters. The molecular weight excluding hydrogens is 351 g/mol. The number of halogens is 2. The molecule has 2 fully saturated rings. The number of nitrogens with zero attached hydrogens (tertiary/aromatic N) is 1. The molecule has 0 aliphatic heterocycles. The fourth-order valence-electron chi connectivity index (χ4n) is 3.88. The number of aromatic nitrogens is 1. The van der Waals surface area contributed by atoms with Gasteiger partial charge >= 0.3 is 0 Å². The molecule has 2 aliphatic rings. The van der Waals surface area contributed by atoms with Crippen molar-refractivity contribution in [2.45, 2.75) is 25.7 Å². The normalized spacial score (nSPS) is 25.7. The van der Waals surface area contributed by atoms with Crippen LogP contribution in [0.25, 0.3) is 11.3 Å². The van der Waals surface area contributed by atoms with Gasteiger partial charge in [-0.15, -0.1) is 11.3 Å². The molecule has 1 amide bonds. The number of amides is 1. The van der Waals surface area contributed by atoms with Crippen molar-refractivity contribution in [1.82, 2.24) is 4.98 Å². The maximum absolute atomic E-state index is 12.5. The predicted octanol–water partition coefficient (Wildman–Crippen LogP) is 5.49. The van der Waals surface area contributed by atoms with Crippen LogP contribution in [0.1, 0.15) is 25.7 Å². The third-order valence-corrected chi connectivity index (χ3v) is 6.52. The van der Waals surface area contributed by atoms with Crippen molar-refractivity contribution in [2.24, 2.45) is 17.8 Å². The van der Waals surface area contributed by atoms with Crippen LogP contribution in [0, 0.1) is 17.8 Å². The van der Waals surface area contributed by atoms with Gasteiger partial charge < -0.3 is 5.32 Å². The van der Waals surface area contributed by atoms with Gasteiger partial charge in [-0.3, -0.25) is 4.79 Å². The van der Waals surface area contributed by atoms with Gasteiger partial charge in [0, 0.05) is 16.9 Å². The number of fused-ring (bicyclic) bond motifs is 2. The molecule has 3 nitrogen and oxygen atoms in total. The number of carbonyl (C=O) groups is 1. The fourth-order valence-corrected chi connectivity index (χ4v) is 4.90. The Balaban J connectivity index is 1.47. The van der Waals surface area contributed by atoms with Crippen LogP contribution in [0.5, 0.6) is 0 Å². The van der Waals surface area contributed by atoms with Crippen molar-refractivity contribution in [3.63, 3.8) is 0 Å². The highest BCUT2D eigenvalue weighted by molar-refractivity contribution is 7.14. The first-order valence-electron chi connectivity index (χ1n) is 7.82. The number of carbonyl (C=O) groups excluding carboxylic acids is 1. The van der Waals surface area contributed by atoms with Crippen molar-refractivity contribution in [3.05, 3.63) is 33.6 Å². The molecule has 2 aliphatic carbocycles. The van der Waals surface area contributed by atoms with Gasteiger partial charge in [0.2, 0.25) is 5.91 Å². The zero-order chi connectivity index (χ0) is 16.0. The lowest BCUT2D eigenvalue weighted by Crippen LogP contribution is -2.27. The molecule has 0 spiro atoms. The van der Waals surface area contributed by atoms with Gasteiger partial charge in [0.15, 0.2) is 5.13 Å². The maximum Gasteiger partial charge on any atom is 0.229 e. The Bertz CT molecular complexity index is 761. The van der Waals surface area contributed by atoms with Crippen molar-refractivity contribution in [2.75, 3.05) is 5.32 Å². The lowest BCUT2D eigenvalue weighted by atomic mass is 9.88. The maximum atomic E-state index is 12.5. The smallest absolute Gasteiger partial charge is 0.229 e. The van der Waals surface area contributed by atoms with E-state index in [1.165, 1.54) is 30.6 Å². The van der Waals surface area contributed by atoms with Gasteiger partial charge in [0.1, 0.15) is 0 Å². The van der Waals surface area contributed by atoms with Gasteiger partial charge in [-0.25, -0.2) is 4.98 Å². The zero-order valence-corrected chi connectivity index (χ0v) is 14.7. The number of hydrogen-bond acceptors (Lipinski definition) is 3. The zero-order valence-electron chi connectivity index (χ0n) is 12.4. The second-order valence-corrected chi connectivity index (χ2v) is 8.11. The van der Waals surface area contributed by atoms with Crippen LogP contribution >= 0.6 is 34.5 Å². The lowest BCUT2D eigenvalue weighted by molar-refractivity contribution is -0.121. The van der Waals surface area contributed by atoms with Crippen LogP contribution in [-0.4, -0.2) is 10.9 Å². The van der Waals surface area contributed by atoms with Gasteiger partial charge in [-0.2, -0.15) is 0 Å². The van der Waals surface area contributed by atoms with Gasteiger partial charge in [-0.1, -0.05) is 35.7 Å². The van der Waals surface area contributed by atoms with Crippen molar-refractivity contribution >= 4 is 45.6 Å². The van der Waals surface area contributed by atoms with E-state index in [-0.39, 0.29) is 11.8 Å². The minimum atomic E-state index is 0.132. The summed E-state index contributed by atoms with van der Waals surface area (Å²) in [5, 5.41) is 6.60. The summed E-state index contributed by atoms with van der Waals surface area (Å²) >= 11 is 13.4. The van der Waals surface area contributed by atoms with E-state index >= 15 is 0 Å². The van der Waals surface area contributed by atoms with E-state index in [0.717, 1.165) is 23.6 Å². The highest BCUT2D eigenvalue weighted by atomic mass is 35.5. The molecule has 120 valence electrons. The van der Waals surface area contributed by atoms with E-state index in [0.29, 0.717) is 21.1 Å². The Kier molecular flexibility index (Phi) is 4.08. The molecule has 1 aromatic carbocycles. The molecule has 4 rings (SSSR count). The number of thiazole rings is 1. The molecule has 0 radical (unpaired) electrons. The van der Waals surface area contributed by atoms with Gasteiger partial charge in [0.05, 0.1) is 15.7 Å². The minimum Gasteiger partial charge on any atom is -0.302 e. The Morgan fingerprint density at radius 1 is 1.22 bits per heavy atom. The first kappa shape index (κ1) is 15.4. The summed E-state index contributed by atoms with van der Waals surface area (Å²) in [7, 11) is 0. The molecule has 0 saturated heterocycles. The lowest BCUT2D eigenvalue weighted by Gasteiger charge is -2.19. The number of anilines is 1. The van der Waals surface area contributed by atoms with Crippen LogP contribution in [0.3, 0.4) is 0 Å². The number of rotatable bonds is 3. The van der Waals surface area contributed by atoms with E-state index in [1.807, 2.05) is 11.4 Å². The average molecular weight is 367 g/mol. The van der Waals surface area contributed by atoms with E-state index in [2.05, 4.69) is 10.3 Å². The first-order valence-corrected chi connectivity index (χ1v) is 9.45. The third kappa shape index (κ3) is 3.00. The summed E-state index contributed by atoms with van der Waals surface area (Å²) in [6.07, 6.45) is 4.77. The Labute approximate surface area is 149 Å². The van der Waals surface area contributed by atoms with Crippen LogP contribution < -0.4 is 5.32 Å². The molecule has 2 bridgehead atoms. The molecule has 1 aromatic heterocycles. The van der Waals surface area contributed by atoms with Crippen molar-refractivity contribution < 1.29 is 4.79 Å². The standard InChI is InChI=1S/C17H16Cl2N2OS/c18-13-4-3-11(7-14(13)19)15-8-23-17(20-15)21-16(22)12-6-9-1-2-10(12)5-9/h3-4,7-10,12H,1-2,5-6H2,(H,20,21,22). The quantitative estimate of drug-likeness (QED) is 0.779. The summed E-state index contributed by atoms with van der Waals surface area (Å²) in [5.74, 6) is 1.65. The summed E-state index contributed by atoms with van der Waals surface area (Å²) in [6, 6.07) is 5.43. The monoisotopic (exact) mass is 366 g/mol. The van der Waals surface area contributed by atoms with E-state index in [9.17, 15) is 4.79 Å². The SMILES string of the molecule is O=C(Nc1nc(-c2ccc(Cl)c(Cl)c2)cs1)C1CC2CCC1C2. The molecular formula is C17H16Cl2N2OS. The van der Waals surface area contributed by atoms with E-state index < -0.39 is 0 Å². The molecule has 23 heavy (non-hydrogen) atoms. The molecule has 2 saturated carbocycles. The fraction of sp³-hybridized carbons (Fsp3) is 0.412. The first-order chi connectivity index (χ1) is 11.1. The van der Waals surface area contributed by atoms with Crippen LogP contribution in [0.2, 0.25) is 10.0 Å². The number of nitrogens with one attached hydrogen (secondary N) is 1. The van der Waals surface area contributed by atoms with Crippen molar-refractivity contribution in [3.8, 4) is 11.3 Å². The van der Waals surface area contributed by atoms with Crippen molar-refractivity contribution in [1.29, 1.82) is 0 Å². The predicted molar refractivity (Wildman–Crippen MR) is 95.1 cm³/mol. The second-order valence-electron chi connectivity index (χ2n) is 6.44. The number of benzene rings is 1. The highest BCUT2D eigenvalue weighted by Gasteiger charge is 2.43. The van der Waals surface area contributed by atoms with Crippen LogP contribution in [-0.2, 0) is 4.79 Å². The molecule has 1 heterocycles. The molecule has 1 N–H and O–H groups in total. The summed E-state index contributed by atoms with van der Waals surface area (Å²) in [5.41, 5.74) is 1.70. The summed E-state index contributed by atoms with van der Waals surface area (Å²) in [4.78, 5) is 17.0. The summed E-state index contributed by atoms with van der Waals surface area (Å²) < 4.78 is 0. The minimum absolute atomic E-state index is 0.132.